The lowest BCUT2D eigenvalue weighted by molar-refractivity contribution is 0.431. The van der Waals surface area contributed by atoms with Crippen LogP contribution in [0.25, 0.3) is 0 Å². The second-order valence-corrected chi connectivity index (χ2v) is 6.23. The molecule has 0 aliphatic rings. The number of nitrogens with one attached hydrogen (secondary N) is 2. The average Bonchev–Trinajstić information content (AvgIpc) is 2.58. The van der Waals surface area contributed by atoms with Crippen LogP contribution < -0.4 is 10.6 Å². The van der Waals surface area contributed by atoms with E-state index in [2.05, 4.69) is 47.0 Å². The third kappa shape index (κ3) is 4.89. The van der Waals surface area contributed by atoms with E-state index in [1.165, 1.54) is 28.2 Å². The summed E-state index contributed by atoms with van der Waals surface area (Å²) in [5.74, 6) is -0.331. The molecule has 0 unspecified atom stereocenters. The van der Waals surface area contributed by atoms with Crippen molar-refractivity contribution in [3.8, 4) is 5.75 Å². The molecule has 24 heavy (non-hydrogen) atoms. The molecule has 2 aromatic rings. The molecule has 0 radical (unpaired) electrons. The van der Waals surface area contributed by atoms with Crippen molar-refractivity contribution in [1.29, 1.82) is 0 Å². The summed E-state index contributed by atoms with van der Waals surface area (Å²) in [5.41, 5.74) is 3.17. The van der Waals surface area contributed by atoms with Gasteiger partial charge in [-0.3, -0.25) is 4.99 Å². The summed E-state index contributed by atoms with van der Waals surface area (Å²) >= 11 is 1.72. The van der Waals surface area contributed by atoms with Crippen molar-refractivity contribution in [1.82, 2.24) is 10.6 Å². The van der Waals surface area contributed by atoms with E-state index in [0.29, 0.717) is 19.0 Å². The largest absolute Gasteiger partial charge is 0.505 e. The van der Waals surface area contributed by atoms with Crippen LogP contribution >= 0.6 is 11.8 Å². The van der Waals surface area contributed by atoms with Crippen molar-refractivity contribution in [2.45, 2.75) is 24.9 Å². The van der Waals surface area contributed by atoms with Gasteiger partial charge in [-0.05, 0) is 48.1 Å². The Balaban J connectivity index is 1.94. The molecule has 0 aliphatic heterocycles. The number of guanidine groups is 1. The number of aliphatic imine (C=N–C) groups is 1. The number of thioether (sulfide) groups is 1. The van der Waals surface area contributed by atoms with E-state index in [1.54, 1.807) is 24.9 Å². The van der Waals surface area contributed by atoms with E-state index < -0.39 is 5.82 Å². The number of phenols is 1. The molecule has 128 valence electrons. The summed E-state index contributed by atoms with van der Waals surface area (Å²) in [6.07, 6.45) is 2.06. The number of halogens is 1. The zero-order chi connectivity index (χ0) is 17.5. The molecule has 0 heterocycles. The summed E-state index contributed by atoms with van der Waals surface area (Å²) in [4.78, 5) is 5.41. The Labute approximate surface area is 146 Å². The Kier molecular flexibility index (Phi) is 6.49. The van der Waals surface area contributed by atoms with Crippen molar-refractivity contribution in [2.24, 2.45) is 4.99 Å². The zero-order valence-electron chi connectivity index (χ0n) is 14.1. The summed E-state index contributed by atoms with van der Waals surface area (Å²) < 4.78 is 13.3. The first-order valence-corrected chi connectivity index (χ1v) is 8.81. The van der Waals surface area contributed by atoms with Gasteiger partial charge in [0.25, 0.3) is 0 Å². The minimum atomic E-state index is -0.624. The molecule has 0 aromatic heterocycles. The third-order valence-corrected chi connectivity index (χ3v) is 4.40. The van der Waals surface area contributed by atoms with Crippen LogP contribution in [0, 0.1) is 12.7 Å². The minimum Gasteiger partial charge on any atom is -0.505 e. The Bertz CT molecular complexity index is 734. The molecule has 0 saturated carbocycles. The van der Waals surface area contributed by atoms with E-state index >= 15 is 0 Å². The van der Waals surface area contributed by atoms with E-state index in [0.717, 1.165) is 5.56 Å². The molecule has 0 bridgehead atoms. The Morgan fingerprint density at radius 3 is 2.58 bits per heavy atom. The van der Waals surface area contributed by atoms with Gasteiger partial charge in [-0.1, -0.05) is 18.2 Å². The number of nitrogens with zero attached hydrogens (tertiary/aromatic N) is 1. The van der Waals surface area contributed by atoms with Crippen molar-refractivity contribution in [3.05, 3.63) is 58.9 Å². The highest BCUT2D eigenvalue weighted by molar-refractivity contribution is 7.98. The summed E-state index contributed by atoms with van der Waals surface area (Å²) in [6, 6.07) is 10.7. The molecule has 0 saturated heterocycles. The number of benzene rings is 2. The first kappa shape index (κ1) is 18.1. The molecule has 0 atom stereocenters. The van der Waals surface area contributed by atoms with Gasteiger partial charge >= 0.3 is 0 Å². The standard InChI is InChI=1S/C18H22FN3OS/c1-12-4-6-14(17(8-12)24-3)11-22-18(20-2)21-10-13-5-7-16(23)15(19)9-13/h4-9,23H,10-11H2,1-3H3,(H2,20,21,22). The maximum absolute atomic E-state index is 13.3. The first-order valence-electron chi connectivity index (χ1n) is 7.59. The van der Waals surface area contributed by atoms with Gasteiger partial charge in [-0.15, -0.1) is 11.8 Å². The van der Waals surface area contributed by atoms with Gasteiger partial charge in [0.15, 0.2) is 17.5 Å². The monoisotopic (exact) mass is 347 g/mol. The highest BCUT2D eigenvalue weighted by Crippen LogP contribution is 2.21. The van der Waals surface area contributed by atoms with Crippen LogP contribution in [-0.4, -0.2) is 24.4 Å². The average molecular weight is 347 g/mol. The van der Waals surface area contributed by atoms with Gasteiger partial charge in [0.05, 0.1) is 0 Å². The molecular weight excluding hydrogens is 325 g/mol. The fourth-order valence-electron chi connectivity index (χ4n) is 2.24. The molecule has 4 nitrogen and oxygen atoms in total. The molecule has 0 spiro atoms. The number of hydrogen-bond acceptors (Lipinski definition) is 3. The first-order chi connectivity index (χ1) is 11.5. The molecule has 6 heteroatoms. The fourth-order valence-corrected chi connectivity index (χ4v) is 2.95. The second-order valence-electron chi connectivity index (χ2n) is 5.38. The number of aromatic hydroxyl groups is 1. The van der Waals surface area contributed by atoms with Crippen LogP contribution in [-0.2, 0) is 13.1 Å². The molecule has 0 aliphatic carbocycles. The predicted octanol–water partition coefficient (Wildman–Crippen LogP) is 3.43. The van der Waals surface area contributed by atoms with Crippen LogP contribution in [0.1, 0.15) is 16.7 Å². The van der Waals surface area contributed by atoms with Crippen LogP contribution in [0.2, 0.25) is 0 Å². The van der Waals surface area contributed by atoms with Crippen molar-refractivity contribution in [3.63, 3.8) is 0 Å². The van der Waals surface area contributed by atoms with Gasteiger partial charge in [-0.25, -0.2) is 4.39 Å². The van der Waals surface area contributed by atoms with Crippen LogP contribution in [0.4, 0.5) is 4.39 Å². The normalized spacial score (nSPS) is 11.4. The number of phenolic OH excluding ortho intramolecular Hbond substituents is 1. The number of aryl methyl sites for hydroxylation is 1. The molecule has 2 aromatic carbocycles. The molecule has 0 fully saturated rings. The fraction of sp³-hybridized carbons (Fsp3) is 0.278. The molecule has 2 rings (SSSR count). The zero-order valence-corrected chi connectivity index (χ0v) is 14.9. The summed E-state index contributed by atoms with van der Waals surface area (Å²) in [6.45, 7) is 3.15. The van der Waals surface area contributed by atoms with Crippen LogP contribution in [0.3, 0.4) is 0 Å². The lowest BCUT2D eigenvalue weighted by Gasteiger charge is -2.14. The predicted molar refractivity (Wildman–Crippen MR) is 98.1 cm³/mol. The lowest BCUT2D eigenvalue weighted by Crippen LogP contribution is -2.36. The highest BCUT2D eigenvalue weighted by Gasteiger charge is 2.05. The molecule has 3 N–H and O–H groups in total. The Morgan fingerprint density at radius 2 is 1.92 bits per heavy atom. The van der Waals surface area contributed by atoms with E-state index in [-0.39, 0.29) is 5.75 Å². The topological polar surface area (TPSA) is 56.7 Å². The summed E-state index contributed by atoms with van der Waals surface area (Å²) in [5, 5.41) is 15.6. The third-order valence-electron chi connectivity index (χ3n) is 3.58. The minimum absolute atomic E-state index is 0.342. The van der Waals surface area contributed by atoms with Gasteiger partial charge in [-0.2, -0.15) is 0 Å². The highest BCUT2D eigenvalue weighted by atomic mass is 32.2. The lowest BCUT2D eigenvalue weighted by atomic mass is 10.1. The number of rotatable bonds is 5. The maximum atomic E-state index is 13.3. The van der Waals surface area contributed by atoms with Gasteiger partial charge in [0, 0.05) is 25.0 Å². The summed E-state index contributed by atoms with van der Waals surface area (Å²) in [7, 11) is 1.69. The van der Waals surface area contributed by atoms with Crippen molar-refractivity contribution < 1.29 is 9.50 Å². The van der Waals surface area contributed by atoms with Gasteiger partial charge in [0.1, 0.15) is 0 Å². The van der Waals surface area contributed by atoms with E-state index in [1.807, 2.05) is 0 Å². The van der Waals surface area contributed by atoms with E-state index in [9.17, 15) is 9.50 Å². The maximum Gasteiger partial charge on any atom is 0.191 e. The van der Waals surface area contributed by atoms with Gasteiger partial charge in [0.2, 0.25) is 0 Å². The Morgan fingerprint density at radius 1 is 1.17 bits per heavy atom. The van der Waals surface area contributed by atoms with Crippen LogP contribution in [0.15, 0.2) is 46.3 Å². The smallest absolute Gasteiger partial charge is 0.191 e. The second kappa shape index (κ2) is 8.59. The van der Waals surface area contributed by atoms with E-state index in [4.69, 9.17) is 0 Å². The van der Waals surface area contributed by atoms with Gasteiger partial charge < -0.3 is 15.7 Å². The molecular formula is C18H22FN3OS. The van der Waals surface area contributed by atoms with Crippen molar-refractivity contribution in [2.75, 3.05) is 13.3 Å². The SMILES string of the molecule is CN=C(NCc1ccc(O)c(F)c1)NCc1ccc(C)cc1SC. The number of hydrogen-bond donors (Lipinski definition) is 3. The van der Waals surface area contributed by atoms with Crippen LogP contribution in [0.5, 0.6) is 5.75 Å². The van der Waals surface area contributed by atoms with Crippen molar-refractivity contribution >= 4 is 17.7 Å². The quantitative estimate of drug-likeness (QED) is 0.441. The Hall–Kier alpha value is -2.21. The molecule has 0 amide bonds.